The highest BCUT2D eigenvalue weighted by atomic mass is 35.5. The van der Waals surface area contributed by atoms with Crippen LogP contribution in [-0.4, -0.2) is 53.0 Å². The average molecular weight is 497 g/mol. The summed E-state index contributed by atoms with van der Waals surface area (Å²) in [6.07, 6.45) is 0. The zero-order valence-corrected chi connectivity index (χ0v) is 20.3. The van der Waals surface area contributed by atoms with Crippen LogP contribution in [0.5, 0.6) is 11.8 Å². The van der Waals surface area contributed by atoms with Crippen LogP contribution < -0.4 is 9.64 Å². The number of aromatic nitrogens is 3. The smallest absolute Gasteiger partial charge is 0.301 e. The summed E-state index contributed by atoms with van der Waals surface area (Å²) >= 11 is 6.54. The maximum absolute atomic E-state index is 14.6. The van der Waals surface area contributed by atoms with Gasteiger partial charge >= 0.3 is 6.01 Å². The molecule has 1 aliphatic heterocycles. The third-order valence-electron chi connectivity index (χ3n) is 6.20. The first-order valence-electron chi connectivity index (χ1n) is 11.4. The largest absolute Gasteiger partial charge is 0.425 e. The molecule has 9 heteroatoms. The molecule has 4 aromatic rings. The van der Waals surface area contributed by atoms with Gasteiger partial charge in [0.1, 0.15) is 11.6 Å². The van der Waals surface area contributed by atoms with Crippen LogP contribution in [0, 0.1) is 5.82 Å². The molecule has 1 aliphatic rings. The number of aliphatic hydroxyl groups is 1. The van der Waals surface area contributed by atoms with E-state index in [1.54, 1.807) is 32.0 Å². The van der Waals surface area contributed by atoms with Gasteiger partial charge in [0.15, 0.2) is 5.65 Å². The number of benzene rings is 2. The summed E-state index contributed by atoms with van der Waals surface area (Å²) in [7, 11) is 0. The molecule has 5 rings (SSSR count). The molecule has 35 heavy (non-hydrogen) atoms. The molecule has 2 aromatic carbocycles. The predicted molar refractivity (Wildman–Crippen MR) is 134 cm³/mol. The number of ether oxygens (including phenoxy) is 2. The Morgan fingerprint density at radius 1 is 1.11 bits per heavy atom. The molecule has 0 atom stereocenters. The third kappa shape index (κ3) is 4.82. The van der Waals surface area contributed by atoms with E-state index in [-0.39, 0.29) is 18.4 Å². The number of halogens is 2. The van der Waals surface area contributed by atoms with Crippen LogP contribution >= 0.6 is 11.6 Å². The first-order valence-corrected chi connectivity index (χ1v) is 11.8. The summed E-state index contributed by atoms with van der Waals surface area (Å²) in [5.41, 5.74) is 3.39. The van der Waals surface area contributed by atoms with Gasteiger partial charge < -0.3 is 24.5 Å². The van der Waals surface area contributed by atoms with Gasteiger partial charge in [-0.1, -0.05) is 43.6 Å². The van der Waals surface area contributed by atoms with Crippen LogP contribution in [0.1, 0.15) is 19.4 Å². The van der Waals surface area contributed by atoms with Crippen molar-refractivity contribution in [3.63, 3.8) is 0 Å². The van der Waals surface area contributed by atoms with Gasteiger partial charge in [0.05, 0.1) is 36.1 Å². The van der Waals surface area contributed by atoms with Crippen molar-refractivity contribution in [2.75, 3.05) is 37.8 Å². The van der Waals surface area contributed by atoms with E-state index in [0.717, 1.165) is 37.6 Å². The van der Waals surface area contributed by atoms with Gasteiger partial charge in [-0.15, -0.1) is 0 Å². The maximum atomic E-state index is 14.6. The summed E-state index contributed by atoms with van der Waals surface area (Å²) in [5, 5.41) is 10.0. The maximum Gasteiger partial charge on any atom is 0.301 e. The molecule has 0 unspecified atom stereocenters. The molecule has 0 amide bonds. The second kappa shape index (κ2) is 9.45. The van der Waals surface area contributed by atoms with Crippen molar-refractivity contribution in [2.24, 2.45) is 0 Å². The first kappa shape index (κ1) is 23.5. The van der Waals surface area contributed by atoms with Crippen LogP contribution in [0.3, 0.4) is 0 Å². The lowest BCUT2D eigenvalue weighted by molar-refractivity contribution is 0.122. The fourth-order valence-electron chi connectivity index (χ4n) is 4.10. The summed E-state index contributed by atoms with van der Waals surface area (Å²) in [5.74, 6) is -0.175. The Morgan fingerprint density at radius 2 is 1.86 bits per heavy atom. The third-order valence-corrected chi connectivity index (χ3v) is 6.49. The Hall–Kier alpha value is -3.20. The van der Waals surface area contributed by atoms with E-state index in [4.69, 9.17) is 21.1 Å². The fourth-order valence-corrected chi connectivity index (χ4v) is 4.36. The number of aliphatic hydroxyl groups excluding tert-OH is 1. The number of H-pyrrole nitrogens is 1. The van der Waals surface area contributed by atoms with Crippen molar-refractivity contribution in [2.45, 2.75) is 19.3 Å². The van der Waals surface area contributed by atoms with Gasteiger partial charge in [-0.2, -0.15) is 4.98 Å². The average Bonchev–Trinajstić information content (AvgIpc) is 3.25. The standard InChI is InChI=1S/C26H26ClFN4O3/c1-26(2,15-33)19-8-7-18(13-21(19)28)35-25-29-22-14-20(27)23(30-24(22)31-25)16-3-5-17(6-4-16)32-9-11-34-12-10-32/h3-8,13-14,33H,9-12,15H2,1-2H3,(H,29,30,31). The molecule has 1 saturated heterocycles. The number of imidazole rings is 1. The van der Waals surface area contributed by atoms with Gasteiger partial charge in [0, 0.05) is 35.8 Å². The number of morpholine rings is 1. The van der Waals surface area contributed by atoms with E-state index in [9.17, 15) is 9.50 Å². The lowest BCUT2D eigenvalue weighted by Crippen LogP contribution is -2.36. The Labute approximate surface area is 207 Å². The highest BCUT2D eigenvalue weighted by Gasteiger charge is 2.24. The highest BCUT2D eigenvalue weighted by molar-refractivity contribution is 6.33. The molecular weight excluding hydrogens is 471 g/mol. The number of anilines is 1. The Kier molecular flexibility index (Phi) is 6.35. The number of rotatable bonds is 6. The van der Waals surface area contributed by atoms with Crippen molar-refractivity contribution >= 4 is 28.5 Å². The van der Waals surface area contributed by atoms with E-state index in [1.807, 2.05) is 12.1 Å². The van der Waals surface area contributed by atoms with Crippen LogP contribution in [-0.2, 0) is 10.2 Å². The monoisotopic (exact) mass is 496 g/mol. The van der Waals surface area contributed by atoms with Crippen LogP contribution in [0.15, 0.2) is 48.5 Å². The number of hydrogen-bond donors (Lipinski definition) is 2. The second-order valence-electron chi connectivity index (χ2n) is 9.16. The first-order chi connectivity index (χ1) is 16.8. The minimum absolute atomic E-state index is 0.168. The van der Waals surface area contributed by atoms with Crippen molar-refractivity contribution in [3.8, 4) is 23.0 Å². The topological polar surface area (TPSA) is 83.5 Å². The molecule has 0 radical (unpaired) electrons. The van der Waals surface area contributed by atoms with Crippen LogP contribution in [0.25, 0.3) is 22.4 Å². The van der Waals surface area contributed by atoms with Crippen molar-refractivity contribution in [3.05, 3.63) is 64.9 Å². The summed E-state index contributed by atoms with van der Waals surface area (Å²) < 4.78 is 25.8. The molecule has 0 aliphatic carbocycles. The summed E-state index contributed by atoms with van der Waals surface area (Å²) in [4.78, 5) is 14.4. The van der Waals surface area contributed by atoms with E-state index in [2.05, 4.69) is 32.0 Å². The SMILES string of the molecule is CC(C)(CO)c1ccc(Oc2nc3nc(-c4ccc(N5CCOCC5)cc4)c(Cl)cc3[nH]2)cc1F. The van der Waals surface area contributed by atoms with Gasteiger partial charge in [0.2, 0.25) is 0 Å². The highest BCUT2D eigenvalue weighted by Crippen LogP contribution is 2.33. The number of aromatic amines is 1. The van der Waals surface area contributed by atoms with Crippen molar-refractivity contribution in [1.82, 2.24) is 15.0 Å². The molecule has 2 N–H and O–H groups in total. The number of fused-ring (bicyclic) bond motifs is 1. The molecule has 2 aromatic heterocycles. The molecule has 7 nitrogen and oxygen atoms in total. The van der Waals surface area contributed by atoms with Gasteiger partial charge in [-0.3, -0.25) is 0 Å². The molecule has 3 heterocycles. The van der Waals surface area contributed by atoms with E-state index >= 15 is 0 Å². The van der Waals surface area contributed by atoms with Crippen molar-refractivity contribution in [1.29, 1.82) is 0 Å². The lowest BCUT2D eigenvalue weighted by atomic mass is 9.85. The van der Waals surface area contributed by atoms with Crippen LogP contribution in [0.2, 0.25) is 5.02 Å². The van der Waals surface area contributed by atoms with Gasteiger partial charge in [-0.05, 0) is 29.8 Å². The summed E-state index contributed by atoms with van der Waals surface area (Å²) in [6, 6.07) is 14.6. The van der Waals surface area contributed by atoms with Crippen molar-refractivity contribution < 1.29 is 19.0 Å². The molecule has 0 bridgehead atoms. The minimum Gasteiger partial charge on any atom is -0.425 e. The Morgan fingerprint density at radius 3 is 2.54 bits per heavy atom. The van der Waals surface area contributed by atoms with Gasteiger partial charge in [0.25, 0.3) is 0 Å². The van der Waals surface area contributed by atoms with E-state index < -0.39 is 11.2 Å². The predicted octanol–water partition coefficient (Wildman–Crippen LogP) is 5.32. The lowest BCUT2D eigenvalue weighted by Gasteiger charge is -2.28. The van der Waals surface area contributed by atoms with E-state index in [1.165, 1.54) is 6.07 Å². The quantitative estimate of drug-likeness (QED) is 0.376. The molecule has 1 fully saturated rings. The fraction of sp³-hybridized carbons (Fsp3) is 0.308. The molecule has 0 saturated carbocycles. The number of nitrogens with one attached hydrogen (secondary N) is 1. The van der Waals surface area contributed by atoms with Crippen LogP contribution in [0.4, 0.5) is 10.1 Å². The number of nitrogens with zero attached hydrogens (tertiary/aromatic N) is 3. The zero-order valence-electron chi connectivity index (χ0n) is 19.5. The van der Waals surface area contributed by atoms with E-state index in [0.29, 0.717) is 27.4 Å². The molecule has 0 spiro atoms. The van der Waals surface area contributed by atoms with Gasteiger partial charge in [-0.25, -0.2) is 9.37 Å². The Balaban J connectivity index is 1.38. The molecular formula is C26H26ClFN4O3. The zero-order chi connectivity index (χ0) is 24.6. The second-order valence-corrected chi connectivity index (χ2v) is 9.57. The molecule has 182 valence electrons. The summed E-state index contributed by atoms with van der Waals surface area (Å²) in [6.45, 7) is 6.57. The Bertz CT molecular complexity index is 1350. The minimum atomic E-state index is -0.695. The number of hydrogen-bond acceptors (Lipinski definition) is 6. The number of pyridine rings is 1. The normalized spacial score (nSPS) is 14.5.